The summed E-state index contributed by atoms with van der Waals surface area (Å²) in [7, 11) is 0.873. The van der Waals surface area contributed by atoms with E-state index in [1.807, 2.05) is 0 Å². The van der Waals surface area contributed by atoms with Crippen LogP contribution in [0.3, 0.4) is 0 Å². The second-order valence-electron chi connectivity index (χ2n) is 7.89. The van der Waals surface area contributed by atoms with Crippen LogP contribution in [0.15, 0.2) is 18.5 Å². The molecule has 0 saturated heterocycles. The molecule has 0 aromatic carbocycles. The zero-order valence-corrected chi connectivity index (χ0v) is 20.1. The molecular formula is C19H13ClF9N5O3S. The average Bonchev–Trinajstić information content (AvgIpc) is 3.14. The summed E-state index contributed by atoms with van der Waals surface area (Å²) in [5.41, 5.74) is -1.68. The maximum absolute atomic E-state index is 13.9. The maximum atomic E-state index is 13.9. The summed E-state index contributed by atoms with van der Waals surface area (Å²) in [5, 5.41) is 9.63. The number of halogens is 10. The van der Waals surface area contributed by atoms with E-state index in [0.717, 1.165) is 43.6 Å². The number of hydrogen-bond acceptors (Lipinski definition) is 6. The van der Waals surface area contributed by atoms with Gasteiger partial charge >= 0.3 is 25.0 Å². The fourth-order valence-corrected chi connectivity index (χ4v) is 4.40. The van der Waals surface area contributed by atoms with E-state index in [1.165, 1.54) is 6.07 Å². The molecule has 8 nitrogen and oxygen atoms in total. The quantitative estimate of drug-likeness (QED) is 0.337. The third kappa shape index (κ3) is 6.01. The number of nitrogens with zero attached hydrogens (tertiary/aromatic N) is 4. The lowest BCUT2D eigenvalue weighted by molar-refractivity contribution is -0.411. The van der Waals surface area contributed by atoms with Crippen molar-refractivity contribution < 1.29 is 53.8 Å². The number of alkyl halides is 9. The summed E-state index contributed by atoms with van der Waals surface area (Å²) in [5.74, 6) is -3.36. The maximum Gasteiger partial charge on any atom is 0.525 e. The van der Waals surface area contributed by atoms with Crippen molar-refractivity contribution in [2.24, 2.45) is 7.05 Å². The fraction of sp³-hybridized carbons (Fsp3) is 0.421. The second-order valence-corrected chi connectivity index (χ2v) is 9.54. The first kappa shape index (κ1) is 28.0. The van der Waals surface area contributed by atoms with E-state index >= 15 is 0 Å². The molecule has 3 aromatic rings. The molecular weight excluding hydrogens is 585 g/mol. The number of carbonyl (C=O) groups excluding carboxylic acids is 1. The number of amides is 1. The van der Waals surface area contributed by atoms with Gasteiger partial charge in [0.2, 0.25) is 0 Å². The molecule has 1 aliphatic rings. The molecule has 1 amide bonds. The summed E-state index contributed by atoms with van der Waals surface area (Å²) in [6.07, 6.45) is -17.6. The van der Waals surface area contributed by atoms with E-state index in [1.54, 1.807) is 0 Å². The molecule has 4 rings (SSSR count). The van der Waals surface area contributed by atoms with E-state index in [0.29, 0.717) is 14.2 Å². The Labute approximate surface area is 214 Å². The largest absolute Gasteiger partial charge is 0.525 e. The van der Waals surface area contributed by atoms with Gasteiger partial charge in [-0.2, -0.15) is 27.1 Å². The van der Waals surface area contributed by atoms with Gasteiger partial charge in [-0.3, -0.25) is 4.79 Å². The van der Waals surface area contributed by atoms with Crippen LogP contribution in [0.25, 0.3) is 16.3 Å². The molecule has 1 fully saturated rings. The predicted molar refractivity (Wildman–Crippen MR) is 112 cm³/mol. The van der Waals surface area contributed by atoms with Crippen LogP contribution in [0.5, 0.6) is 5.88 Å². The number of aryl methyl sites for hydroxylation is 1. The molecule has 0 bridgehead atoms. The zero-order valence-electron chi connectivity index (χ0n) is 18.5. The molecule has 1 atom stereocenters. The Kier molecular flexibility index (Phi) is 7.11. The fourth-order valence-electron chi connectivity index (χ4n) is 3.16. The van der Waals surface area contributed by atoms with Crippen molar-refractivity contribution in [3.63, 3.8) is 0 Å². The Morgan fingerprint density at radius 3 is 2.45 bits per heavy atom. The lowest BCUT2D eigenvalue weighted by atomic mass is 10.2. The molecule has 3 heterocycles. The highest BCUT2D eigenvalue weighted by molar-refractivity contribution is 7.19. The summed E-state index contributed by atoms with van der Waals surface area (Å²) >= 11 is 7.05. The minimum Gasteiger partial charge on any atom is -0.408 e. The molecule has 1 unspecified atom stereocenters. The summed E-state index contributed by atoms with van der Waals surface area (Å²) in [4.78, 5) is 12.6. The number of carbonyl (C=O) groups is 1. The lowest BCUT2D eigenvalue weighted by Crippen LogP contribution is -2.41. The van der Waals surface area contributed by atoms with Crippen molar-refractivity contribution >= 4 is 28.8 Å². The van der Waals surface area contributed by atoms with Crippen LogP contribution in [0, 0.1) is 0 Å². The first-order valence-electron chi connectivity index (χ1n) is 10.2. The van der Waals surface area contributed by atoms with Crippen LogP contribution in [0.1, 0.15) is 28.8 Å². The van der Waals surface area contributed by atoms with Crippen molar-refractivity contribution in [2.75, 3.05) is 0 Å². The molecule has 19 heteroatoms. The Bertz CT molecular complexity index is 1350. The van der Waals surface area contributed by atoms with Crippen LogP contribution < -0.4 is 10.1 Å². The average molecular weight is 598 g/mol. The highest BCUT2D eigenvalue weighted by Gasteiger charge is 2.53. The summed E-state index contributed by atoms with van der Waals surface area (Å²) in [6, 6.07) is 1.42. The molecule has 3 aromatic heterocycles. The van der Waals surface area contributed by atoms with Gasteiger partial charge in [0.05, 0.1) is 11.8 Å². The number of aromatic nitrogens is 4. The third-order valence-electron chi connectivity index (χ3n) is 4.93. The van der Waals surface area contributed by atoms with Gasteiger partial charge in [-0.05, 0) is 18.9 Å². The second kappa shape index (κ2) is 9.64. The van der Waals surface area contributed by atoms with Crippen LogP contribution in [-0.4, -0.2) is 50.3 Å². The van der Waals surface area contributed by atoms with Crippen molar-refractivity contribution in [2.45, 2.75) is 43.9 Å². The topological polar surface area (TPSA) is 83.2 Å². The Morgan fingerprint density at radius 2 is 1.87 bits per heavy atom. The zero-order chi connectivity index (χ0) is 28.2. The molecule has 208 valence electrons. The molecule has 0 spiro atoms. The molecule has 1 saturated carbocycles. The predicted octanol–water partition coefficient (Wildman–Crippen LogP) is 5.70. The highest BCUT2D eigenvalue weighted by Crippen LogP contribution is 2.43. The highest BCUT2D eigenvalue weighted by atomic mass is 35.5. The minimum atomic E-state index is -5.87. The van der Waals surface area contributed by atoms with Gasteiger partial charge in [0, 0.05) is 29.7 Å². The van der Waals surface area contributed by atoms with E-state index in [-0.39, 0.29) is 21.5 Å². The van der Waals surface area contributed by atoms with E-state index < -0.39 is 48.2 Å². The standard InChI is InChI=1S/C19H13ClF9N5O3S/c1-33-15(11(17(22,23)24)14(32-33)36-18(25,26)16(21)37-19(27,28)29)34-6-7(5-30-34)10-4-9(12(20)38-10)13(35)31-8-2-3-8/h4-6,8,16H,2-3H2,1H3,(H,31,35). The van der Waals surface area contributed by atoms with Crippen molar-refractivity contribution in [3.05, 3.63) is 33.9 Å². The molecule has 38 heavy (non-hydrogen) atoms. The Hall–Kier alpha value is -2.99. The van der Waals surface area contributed by atoms with Crippen LogP contribution in [-0.2, 0) is 18.0 Å². The lowest BCUT2D eigenvalue weighted by Gasteiger charge is -2.21. The molecule has 1 aliphatic carbocycles. The Balaban J connectivity index is 1.67. The molecule has 1 N–H and O–H groups in total. The number of thiophene rings is 1. The van der Waals surface area contributed by atoms with E-state index in [2.05, 4.69) is 25.0 Å². The summed E-state index contributed by atoms with van der Waals surface area (Å²) in [6.45, 7) is 0. The van der Waals surface area contributed by atoms with E-state index in [4.69, 9.17) is 11.6 Å². The summed E-state index contributed by atoms with van der Waals surface area (Å²) < 4.78 is 126. The first-order chi connectivity index (χ1) is 17.5. The van der Waals surface area contributed by atoms with Gasteiger partial charge in [-0.25, -0.2) is 18.5 Å². The van der Waals surface area contributed by atoms with Gasteiger partial charge in [0.25, 0.3) is 11.8 Å². The normalized spacial score (nSPS) is 15.6. The van der Waals surface area contributed by atoms with Crippen molar-refractivity contribution in [1.29, 1.82) is 0 Å². The molecule has 0 aliphatic heterocycles. The Morgan fingerprint density at radius 1 is 1.21 bits per heavy atom. The van der Waals surface area contributed by atoms with Gasteiger partial charge in [-0.1, -0.05) is 11.6 Å². The van der Waals surface area contributed by atoms with Crippen molar-refractivity contribution in [1.82, 2.24) is 24.9 Å². The third-order valence-corrected chi connectivity index (χ3v) is 6.34. The SMILES string of the molecule is Cn1nc(OC(F)(F)C(F)OC(F)(F)F)c(C(F)(F)F)c1-n1cc(-c2cc(C(=O)NC3CC3)c(Cl)s2)cn1. The minimum absolute atomic E-state index is 0.0341. The number of ether oxygens (including phenoxy) is 2. The van der Waals surface area contributed by atoms with Gasteiger partial charge in [0.15, 0.2) is 11.4 Å². The van der Waals surface area contributed by atoms with Crippen molar-refractivity contribution in [3.8, 4) is 22.1 Å². The van der Waals surface area contributed by atoms with Crippen LogP contribution in [0.2, 0.25) is 4.34 Å². The molecule has 0 radical (unpaired) electrons. The van der Waals surface area contributed by atoms with Gasteiger partial charge < -0.3 is 10.1 Å². The number of hydrogen-bond donors (Lipinski definition) is 1. The van der Waals surface area contributed by atoms with E-state index in [9.17, 15) is 44.3 Å². The van der Waals surface area contributed by atoms with Gasteiger partial charge in [0.1, 0.15) is 4.34 Å². The monoisotopic (exact) mass is 597 g/mol. The van der Waals surface area contributed by atoms with Gasteiger partial charge in [-0.15, -0.1) is 29.6 Å². The number of nitrogens with one attached hydrogen (secondary N) is 1. The smallest absolute Gasteiger partial charge is 0.408 e. The number of rotatable bonds is 8. The van der Waals surface area contributed by atoms with Crippen LogP contribution in [0.4, 0.5) is 39.5 Å². The first-order valence-corrected chi connectivity index (χ1v) is 11.4. The van der Waals surface area contributed by atoms with Crippen LogP contribution >= 0.6 is 22.9 Å².